The van der Waals surface area contributed by atoms with E-state index in [1.165, 1.54) is 5.56 Å². The molecule has 4 heteroatoms. The Morgan fingerprint density at radius 2 is 1.88 bits per heavy atom. The highest BCUT2D eigenvalue weighted by Crippen LogP contribution is 2.19. The molecule has 0 spiro atoms. The molecule has 1 aromatic carbocycles. The minimum atomic E-state index is -2.87. The maximum Gasteiger partial charge on any atom is 0.150 e. The van der Waals surface area contributed by atoms with Gasteiger partial charge in [0.15, 0.2) is 0 Å². The lowest BCUT2D eigenvalue weighted by Gasteiger charge is -2.16. The molecule has 0 heterocycles. The minimum absolute atomic E-state index is 0.230. The van der Waals surface area contributed by atoms with Crippen molar-refractivity contribution < 1.29 is 8.42 Å². The standard InChI is InChI=1S/C13H21NO2S/c1-3-17(15,16)10-9-13(11-14-2)12-7-5-4-6-8-12/h4-8,13-14H,3,9-11H2,1-2H3. The molecule has 0 fully saturated rings. The first kappa shape index (κ1) is 14.2. The molecular formula is C13H21NO2S. The van der Waals surface area contributed by atoms with Crippen molar-refractivity contribution in [2.75, 3.05) is 25.1 Å². The first-order valence-electron chi connectivity index (χ1n) is 5.99. The molecule has 1 unspecified atom stereocenters. The van der Waals surface area contributed by atoms with Crippen LogP contribution in [0.1, 0.15) is 24.8 Å². The number of benzene rings is 1. The predicted octanol–water partition coefficient (Wildman–Crippen LogP) is 1.81. The van der Waals surface area contributed by atoms with Crippen LogP contribution >= 0.6 is 0 Å². The van der Waals surface area contributed by atoms with Crippen molar-refractivity contribution in [1.29, 1.82) is 0 Å². The molecule has 0 bridgehead atoms. The van der Waals surface area contributed by atoms with Crippen LogP contribution in [0.4, 0.5) is 0 Å². The van der Waals surface area contributed by atoms with Crippen LogP contribution in [0.5, 0.6) is 0 Å². The normalized spacial score (nSPS) is 13.5. The highest BCUT2D eigenvalue weighted by Gasteiger charge is 2.15. The molecule has 1 N–H and O–H groups in total. The molecule has 0 saturated heterocycles. The van der Waals surface area contributed by atoms with E-state index in [1.807, 2.05) is 25.2 Å². The van der Waals surface area contributed by atoms with Gasteiger partial charge in [0.05, 0.1) is 5.75 Å². The molecule has 3 nitrogen and oxygen atoms in total. The second-order valence-electron chi connectivity index (χ2n) is 4.19. The minimum Gasteiger partial charge on any atom is -0.319 e. The van der Waals surface area contributed by atoms with Gasteiger partial charge in [-0.15, -0.1) is 0 Å². The van der Waals surface area contributed by atoms with Crippen LogP contribution < -0.4 is 5.32 Å². The summed E-state index contributed by atoms with van der Waals surface area (Å²) in [4.78, 5) is 0. The molecule has 0 aliphatic carbocycles. The van der Waals surface area contributed by atoms with Crippen molar-refractivity contribution in [3.05, 3.63) is 35.9 Å². The van der Waals surface area contributed by atoms with E-state index in [0.29, 0.717) is 6.42 Å². The summed E-state index contributed by atoms with van der Waals surface area (Å²) in [6, 6.07) is 10.1. The fourth-order valence-corrected chi connectivity index (χ4v) is 2.76. The van der Waals surface area contributed by atoms with E-state index >= 15 is 0 Å². The maximum atomic E-state index is 11.5. The zero-order chi connectivity index (χ0) is 12.7. The average molecular weight is 255 g/mol. The van der Waals surface area contributed by atoms with Gasteiger partial charge in [0.25, 0.3) is 0 Å². The molecule has 1 rings (SSSR count). The Kier molecular flexibility index (Phi) is 5.65. The van der Waals surface area contributed by atoms with Gasteiger partial charge in [0.1, 0.15) is 9.84 Å². The van der Waals surface area contributed by atoms with Gasteiger partial charge < -0.3 is 5.32 Å². The molecule has 1 atom stereocenters. The van der Waals surface area contributed by atoms with Crippen molar-refractivity contribution in [2.45, 2.75) is 19.3 Å². The topological polar surface area (TPSA) is 46.2 Å². The average Bonchev–Trinajstić information content (AvgIpc) is 2.35. The molecular weight excluding hydrogens is 234 g/mol. The van der Waals surface area contributed by atoms with Crippen molar-refractivity contribution in [1.82, 2.24) is 5.32 Å². The lowest BCUT2D eigenvalue weighted by Crippen LogP contribution is -2.20. The molecule has 0 amide bonds. The highest BCUT2D eigenvalue weighted by molar-refractivity contribution is 7.91. The van der Waals surface area contributed by atoms with Crippen LogP contribution in [-0.4, -0.2) is 33.5 Å². The molecule has 0 saturated carbocycles. The second-order valence-corrected chi connectivity index (χ2v) is 6.66. The van der Waals surface area contributed by atoms with Crippen molar-refractivity contribution in [3.8, 4) is 0 Å². The third kappa shape index (κ3) is 4.88. The molecule has 0 aliphatic rings. The van der Waals surface area contributed by atoms with E-state index in [-0.39, 0.29) is 17.4 Å². The van der Waals surface area contributed by atoms with Crippen LogP contribution in [0.3, 0.4) is 0 Å². The number of likely N-dealkylation sites (N-methyl/N-ethyl adjacent to an activating group) is 1. The van der Waals surface area contributed by atoms with Gasteiger partial charge in [-0.3, -0.25) is 0 Å². The number of nitrogens with one attached hydrogen (secondary N) is 1. The summed E-state index contributed by atoms with van der Waals surface area (Å²) in [5, 5.41) is 3.13. The smallest absolute Gasteiger partial charge is 0.150 e. The SMILES string of the molecule is CCS(=O)(=O)CCC(CNC)c1ccccc1. The monoisotopic (exact) mass is 255 g/mol. The summed E-state index contributed by atoms with van der Waals surface area (Å²) >= 11 is 0. The largest absolute Gasteiger partial charge is 0.319 e. The van der Waals surface area contributed by atoms with Crippen LogP contribution in [-0.2, 0) is 9.84 Å². The number of sulfone groups is 1. The van der Waals surface area contributed by atoms with Crippen LogP contribution in [0, 0.1) is 0 Å². The summed E-state index contributed by atoms with van der Waals surface area (Å²) in [5.74, 6) is 0.765. The van der Waals surface area contributed by atoms with Gasteiger partial charge in [-0.25, -0.2) is 8.42 Å². The number of rotatable bonds is 7. The van der Waals surface area contributed by atoms with Crippen LogP contribution in [0.25, 0.3) is 0 Å². The third-order valence-corrected chi connectivity index (χ3v) is 4.68. The van der Waals surface area contributed by atoms with Gasteiger partial charge in [-0.05, 0) is 24.9 Å². The zero-order valence-corrected chi connectivity index (χ0v) is 11.3. The summed E-state index contributed by atoms with van der Waals surface area (Å²) in [6.45, 7) is 2.51. The summed E-state index contributed by atoms with van der Waals surface area (Å²) in [7, 11) is -0.976. The van der Waals surface area contributed by atoms with Gasteiger partial charge in [0, 0.05) is 12.3 Å². The van der Waals surface area contributed by atoms with Crippen LogP contribution in [0.15, 0.2) is 30.3 Å². The van der Waals surface area contributed by atoms with E-state index in [1.54, 1.807) is 6.92 Å². The van der Waals surface area contributed by atoms with E-state index in [4.69, 9.17) is 0 Å². The van der Waals surface area contributed by atoms with E-state index < -0.39 is 9.84 Å². The van der Waals surface area contributed by atoms with Crippen molar-refractivity contribution >= 4 is 9.84 Å². The maximum absolute atomic E-state index is 11.5. The fourth-order valence-electron chi connectivity index (χ4n) is 1.82. The van der Waals surface area contributed by atoms with E-state index in [2.05, 4.69) is 17.4 Å². The predicted molar refractivity (Wildman–Crippen MR) is 72.1 cm³/mol. The zero-order valence-electron chi connectivity index (χ0n) is 10.5. The first-order chi connectivity index (χ1) is 8.09. The van der Waals surface area contributed by atoms with Crippen molar-refractivity contribution in [2.24, 2.45) is 0 Å². The molecule has 96 valence electrons. The first-order valence-corrected chi connectivity index (χ1v) is 7.81. The fraction of sp³-hybridized carbons (Fsp3) is 0.538. The Bertz CT molecular complexity index is 414. The Labute approximate surface area is 104 Å². The van der Waals surface area contributed by atoms with Crippen molar-refractivity contribution in [3.63, 3.8) is 0 Å². The molecule has 1 aromatic rings. The highest BCUT2D eigenvalue weighted by atomic mass is 32.2. The molecule has 0 radical (unpaired) electrons. The van der Waals surface area contributed by atoms with Gasteiger partial charge >= 0.3 is 0 Å². The number of hydrogen-bond acceptors (Lipinski definition) is 3. The summed E-state index contributed by atoms with van der Waals surface area (Å²) in [6.07, 6.45) is 0.682. The lowest BCUT2D eigenvalue weighted by atomic mass is 9.96. The lowest BCUT2D eigenvalue weighted by molar-refractivity contribution is 0.575. The quantitative estimate of drug-likeness (QED) is 0.808. The van der Waals surface area contributed by atoms with Crippen LogP contribution in [0.2, 0.25) is 0 Å². The van der Waals surface area contributed by atoms with E-state index in [0.717, 1.165) is 6.54 Å². The Morgan fingerprint density at radius 3 is 2.41 bits per heavy atom. The van der Waals surface area contributed by atoms with Gasteiger partial charge in [0.2, 0.25) is 0 Å². The Hall–Kier alpha value is -0.870. The van der Waals surface area contributed by atoms with Gasteiger partial charge in [-0.2, -0.15) is 0 Å². The molecule has 0 aliphatic heterocycles. The molecule has 0 aromatic heterocycles. The van der Waals surface area contributed by atoms with E-state index in [9.17, 15) is 8.42 Å². The van der Waals surface area contributed by atoms with Gasteiger partial charge in [-0.1, -0.05) is 37.3 Å². The molecule has 17 heavy (non-hydrogen) atoms. The summed E-state index contributed by atoms with van der Waals surface area (Å²) < 4.78 is 23.0. The number of hydrogen-bond donors (Lipinski definition) is 1. The second kappa shape index (κ2) is 6.77. The Balaban J connectivity index is 2.68. The summed E-state index contributed by atoms with van der Waals surface area (Å²) in [5.41, 5.74) is 1.20. The third-order valence-electron chi connectivity index (χ3n) is 2.94. The Morgan fingerprint density at radius 1 is 1.24 bits per heavy atom.